The molecule has 1 saturated carbocycles. The Kier molecular flexibility index (Phi) is 9.67. The van der Waals surface area contributed by atoms with E-state index in [1.807, 2.05) is 12.1 Å². The lowest BCUT2D eigenvalue weighted by atomic mass is 9.68. The smallest absolute Gasteiger partial charge is 0.407 e. The quantitative estimate of drug-likeness (QED) is 0.409. The highest BCUT2D eigenvalue weighted by Gasteiger charge is 2.45. The minimum absolute atomic E-state index is 0.00376. The van der Waals surface area contributed by atoms with E-state index in [4.69, 9.17) is 25.8 Å². The molecule has 260 valence electrons. The van der Waals surface area contributed by atoms with Crippen molar-refractivity contribution in [3.05, 3.63) is 64.7 Å². The van der Waals surface area contributed by atoms with E-state index in [9.17, 15) is 26.8 Å². The summed E-state index contributed by atoms with van der Waals surface area (Å²) in [5, 5.41) is 2.77. The van der Waals surface area contributed by atoms with Crippen molar-refractivity contribution in [1.29, 1.82) is 0 Å². The van der Waals surface area contributed by atoms with Crippen LogP contribution >= 0.6 is 11.6 Å². The summed E-state index contributed by atoms with van der Waals surface area (Å²) < 4.78 is 72.8. The lowest BCUT2D eigenvalue weighted by Gasteiger charge is -2.46. The van der Waals surface area contributed by atoms with Crippen LogP contribution in [0.15, 0.2) is 53.4 Å². The number of hydrogen-bond donors (Lipinski definition) is 2. The first kappa shape index (κ1) is 34.4. The molecule has 1 fully saturated rings. The van der Waals surface area contributed by atoms with Crippen LogP contribution < -0.4 is 19.7 Å². The van der Waals surface area contributed by atoms with E-state index in [1.165, 1.54) is 26.0 Å². The average Bonchev–Trinajstić information content (AvgIpc) is 3.16. The number of aryl methyl sites for hydroxylation is 1. The number of anilines is 1. The van der Waals surface area contributed by atoms with Crippen LogP contribution in [0.25, 0.3) is 0 Å². The van der Waals surface area contributed by atoms with Crippen LogP contribution in [-0.2, 0) is 36.1 Å². The molecule has 4 aliphatic rings. The van der Waals surface area contributed by atoms with E-state index in [0.29, 0.717) is 42.6 Å². The Bertz CT molecular complexity index is 1710. The molecule has 0 unspecified atom stereocenters. The molecular formula is C34H40ClF2N3O7S. The molecule has 2 N–H and O–H groups in total. The fraction of sp³-hybridized carbons (Fsp3) is 0.529. The number of hydrogen-bond acceptors (Lipinski definition) is 8. The Morgan fingerprint density at radius 1 is 1.21 bits per heavy atom. The number of alkyl halides is 2. The predicted octanol–water partition coefficient (Wildman–Crippen LogP) is 5.37. The van der Waals surface area contributed by atoms with Gasteiger partial charge in [-0.25, -0.2) is 26.7 Å². The number of nitrogens with one attached hydrogen (secondary N) is 2. The topological polar surface area (TPSA) is 123 Å². The number of carbonyl (C=O) groups is 2. The van der Waals surface area contributed by atoms with Crippen LogP contribution in [0, 0.1) is 11.8 Å². The van der Waals surface area contributed by atoms with Gasteiger partial charge in [0.1, 0.15) is 17.5 Å². The van der Waals surface area contributed by atoms with Gasteiger partial charge in [-0.1, -0.05) is 23.7 Å². The van der Waals surface area contributed by atoms with Crippen LogP contribution in [0.3, 0.4) is 0 Å². The van der Waals surface area contributed by atoms with Gasteiger partial charge >= 0.3 is 6.09 Å². The van der Waals surface area contributed by atoms with E-state index in [0.717, 1.165) is 36.8 Å². The van der Waals surface area contributed by atoms with E-state index < -0.39 is 52.1 Å². The Morgan fingerprint density at radius 3 is 2.77 bits per heavy atom. The molecule has 14 heteroatoms. The summed E-state index contributed by atoms with van der Waals surface area (Å²) in [4.78, 5) is 27.8. The van der Waals surface area contributed by atoms with Crippen LogP contribution in [0.2, 0.25) is 5.02 Å². The minimum atomic E-state index is -4.29. The first-order chi connectivity index (χ1) is 22.8. The maximum Gasteiger partial charge on any atom is 0.407 e. The highest BCUT2D eigenvalue weighted by molar-refractivity contribution is 7.90. The molecule has 48 heavy (non-hydrogen) atoms. The third kappa shape index (κ3) is 7.13. The monoisotopic (exact) mass is 707 g/mol. The molecular weight excluding hydrogens is 668 g/mol. The van der Waals surface area contributed by atoms with E-state index in [-0.39, 0.29) is 23.3 Å². The number of ether oxygens (including phenoxy) is 3. The molecule has 4 atom stereocenters. The van der Waals surface area contributed by atoms with Gasteiger partial charge in [-0.05, 0) is 99.4 Å². The molecule has 6 rings (SSSR count). The van der Waals surface area contributed by atoms with Gasteiger partial charge in [0.2, 0.25) is 0 Å². The van der Waals surface area contributed by atoms with E-state index in [1.54, 1.807) is 18.2 Å². The summed E-state index contributed by atoms with van der Waals surface area (Å²) in [6, 6.07) is 10.5. The molecule has 2 aromatic carbocycles. The van der Waals surface area contributed by atoms with Gasteiger partial charge in [0.15, 0.2) is 0 Å². The lowest BCUT2D eigenvalue weighted by molar-refractivity contribution is -0.139. The van der Waals surface area contributed by atoms with Crippen LogP contribution in [-0.4, -0.2) is 71.4 Å². The standard InChI is InChI=1S/C34H40ClF2N3O7S/c1-33(2)31(41)39-48(43,44)24-9-12-29-27(16-24)40(19-34(20-45-29)13-3-5-21-15-23(35)8-11-26(21)34)18-22-7-10-25(22)28(6-4-14-46-33)47-32(42)38-17-30(36)37/h4,6,8-9,11-12,15-16,22,25,28,30H,3,5,7,10,13-14,17-20H2,1-2H3,(H,38,42)(H,39,41)/b6-4-/t22-,25+,28-,34-/m0/s1. The molecule has 0 aromatic heterocycles. The third-order valence-corrected chi connectivity index (χ3v) is 11.5. The average molecular weight is 708 g/mol. The molecule has 2 amide bonds. The number of halogens is 3. The van der Waals surface area contributed by atoms with Gasteiger partial charge in [0.05, 0.1) is 30.3 Å². The van der Waals surface area contributed by atoms with Crippen molar-refractivity contribution in [2.24, 2.45) is 11.8 Å². The largest absolute Gasteiger partial charge is 0.490 e. The van der Waals surface area contributed by atoms with Crippen molar-refractivity contribution >= 4 is 39.3 Å². The summed E-state index contributed by atoms with van der Waals surface area (Å²) in [6.45, 7) is 3.34. The third-order valence-electron chi connectivity index (χ3n) is 9.96. The summed E-state index contributed by atoms with van der Waals surface area (Å²) in [5.74, 6) is -0.501. The fourth-order valence-electron chi connectivity index (χ4n) is 7.21. The highest BCUT2D eigenvalue weighted by Crippen LogP contribution is 2.47. The van der Waals surface area contributed by atoms with Gasteiger partial charge in [-0.2, -0.15) is 0 Å². The van der Waals surface area contributed by atoms with Gasteiger partial charge in [0.25, 0.3) is 22.4 Å². The number of fused-ring (bicyclic) bond motifs is 4. The molecule has 2 bridgehead atoms. The molecule has 0 saturated heterocycles. The number of carbonyl (C=O) groups excluding carboxylic acids is 2. The Morgan fingerprint density at radius 2 is 2.02 bits per heavy atom. The first-order valence-electron chi connectivity index (χ1n) is 16.2. The highest BCUT2D eigenvalue weighted by atomic mass is 35.5. The van der Waals surface area contributed by atoms with Crippen LogP contribution in [0.1, 0.15) is 50.7 Å². The summed E-state index contributed by atoms with van der Waals surface area (Å²) in [7, 11) is -4.29. The Labute approximate surface area is 284 Å². The number of amides is 2. The number of benzene rings is 2. The molecule has 10 nitrogen and oxygen atoms in total. The van der Waals surface area contributed by atoms with Gasteiger partial charge in [0, 0.05) is 29.4 Å². The van der Waals surface area contributed by atoms with Crippen molar-refractivity contribution in [3.8, 4) is 5.75 Å². The van der Waals surface area contributed by atoms with Crippen molar-refractivity contribution in [3.63, 3.8) is 0 Å². The van der Waals surface area contributed by atoms with E-state index >= 15 is 0 Å². The second-order valence-corrected chi connectivity index (χ2v) is 15.7. The van der Waals surface area contributed by atoms with Gasteiger partial charge < -0.3 is 24.4 Å². The first-order valence-corrected chi connectivity index (χ1v) is 18.0. The molecule has 2 aliphatic heterocycles. The number of nitrogens with zero attached hydrogens (tertiary/aromatic N) is 1. The minimum Gasteiger partial charge on any atom is -0.490 e. The Hall–Kier alpha value is -3.42. The maximum atomic E-state index is 13.6. The second kappa shape index (κ2) is 13.5. The number of sulfonamides is 1. The summed E-state index contributed by atoms with van der Waals surface area (Å²) >= 11 is 6.38. The Balaban J connectivity index is 1.41. The van der Waals surface area contributed by atoms with Crippen molar-refractivity contribution < 1.29 is 41.0 Å². The van der Waals surface area contributed by atoms with E-state index in [2.05, 4.69) is 21.0 Å². The molecule has 0 radical (unpaired) electrons. The maximum absolute atomic E-state index is 13.6. The molecule has 2 aliphatic carbocycles. The molecule has 2 aromatic rings. The van der Waals surface area contributed by atoms with Gasteiger partial charge in [-0.3, -0.25) is 4.79 Å². The number of rotatable bonds is 3. The lowest BCUT2D eigenvalue weighted by Crippen LogP contribution is -2.50. The zero-order valence-corrected chi connectivity index (χ0v) is 28.4. The van der Waals surface area contributed by atoms with Crippen molar-refractivity contribution in [2.45, 2.75) is 74.4 Å². The van der Waals surface area contributed by atoms with Crippen molar-refractivity contribution in [1.82, 2.24) is 10.0 Å². The van der Waals surface area contributed by atoms with Gasteiger partial charge in [-0.15, -0.1) is 0 Å². The molecule has 2 heterocycles. The SMILES string of the molecule is CC1(C)OC/C=C\[C@H](OC(=O)NCC(F)F)[C@@H]2CC[C@H]2CN2C[C@@]3(CCCc4cc(Cl)ccc43)COc3ccc(cc32)S(=O)(=O)NC1=O. The zero-order valence-electron chi connectivity index (χ0n) is 26.8. The van der Waals surface area contributed by atoms with Crippen LogP contribution in [0.5, 0.6) is 5.75 Å². The van der Waals surface area contributed by atoms with Crippen molar-refractivity contribution in [2.75, 3.05) is 37.7 Å². The predicted molar refractivity (Wildman–Crippen MR) is 175 cm³/mol. The normalized spacial score (nSPS) is 28.5. The number of alkyl carbamates (subject to hydrolysis) is 1. The van der Waals surface area contributed by atoms with Crippen LogP contribution in [0.4, 0.5) is 19.3 Å². The summed E-state index contributed by atoms with van der Waals surface area (Å²) in [6.07, 6.45) is 2.98. The second-order valence-electron chi connectivity index (χ2n) is 13.6. The zero-order chi connectivity index (χ0) is 34.3. The summed E-state index contributed by atoms with van der Waals surface area (Å²) in [5.41, 5.74) is 0.910. The molecule has 1 spiro atoms. The fourth-order valence-corrected chi connectivity index (χ4v) is 8.53.